The first-order chi connectivity index (χ1) is 16.2. The molecule has 0 N–H and O–H groups in total. The van der Waals surface area contributed by atoms with Crippen molar-refractivity contribution < 1.29 is 9.47 Å². The van der Waals surface area contributed by atoms with E-state index in [-0.39, 0.29) is 0 Å². The third kappa shape index (κ3) is 5.66. The van der Waals surface area contributed by atoms with Crippen LogP contribution < -0.4 is 14.4 Å². The van der Waals surface area contributed by atoms with Crippen LogP contribution in [0, 0.1) is 0 Å². The van der Waals surface area contributed by atoms with Gasteiger partial charge in [-0.15, -0.1) is 0 Å². The molecule has 4 nitrogen and oxygen atoms in total. The summed E-state index contributed by atoms with van der Waals surface area (Å²) in [5, 5.41) is 0. The zero-order valence-corrected chi connectivity index (χ0v) is 20.9. The first-order valence-corrected chi connectivity index (χ1v) is 13.0. The average molecular weight is 451 g/mol. The fraction of sp³-hybridized carbons (Fsp3) is 0.586. The van der Waals surface area contributed by atoms with Crippen LogP contribution in [0.2, 0.25) is 0 Å². The van der Waals surface area contributed by atoms with Gasteiger partial charge in [0.15, 0.2) is 11.5 Å². The Morgan fingerprint density at radius 2 is 1.76 bits per heavy atom. The molecule has 4 heteroatoms. The Kier molecular flexibility index (Phi) is 8.55. The van der Waals surface area contributed by atoms with Crippen LogP contribution in [0.1, 0.15) is 62.1 Å². The summed E-state index contributed by atoms with van der Waals surface area (Å²) in [6.45, 7) is 7.15. The number of ether oxygens (including phenoxy) is 2. The minimum absolute atomic E-state index is 0.650. The monoisotopic (exact) mass is 450 g/mol. The number of hydrogen-bond donors (Lipinski definition) is 0. The van der Waals surface area contributed by atoms with E-state index in [1.54, 1.807) is 14.2 Å². The highest BCUT2D eigenvalue weighted by Crippen LogP contribution is 2.38. The van der Waals surface area contributed by atoms with Crippen LogP contribution in [0.3, 0.4) is 0 Å². The van der Waals surface area contributed by atoms with Gasteiger partial charge in [-0.3, -0.25) is 0 Å². The van der Waals surface area contributed by atoms with Crippen molar-refractivity contribution in [2.75, 3.05) is 45.3 Å². The molecule has 0 saturated carbocycles. The number of methoxy groups -OCH3 is 2. The smallest absolute Gasteiger partial charge is 0.164 e. The van der Waals surface area contributed by atoms with E-state index in [9.17, 15) is 0 Å². The lowest BCUT2D eigenvalue weighted by Gasteiger charge is -2.36. The Morgan fingerprint density at radius 1 is 0.909 bits per heavy atom. The molecule has 1 aliphatic carbocycles. The highest BCUT2D eigenvalue weighted by molar-refractivity contribution is 5.57. The molecule has 2 aromatic rings. The number of nitrogens with zero attached hydrogens (tertiary/aromatic N) is 2. The van der Waals surface area contributed by atoms with Crippen LogP contribution in [0.25, 0.3) is 0 Å². The summed E-state index contributed by atoms with van der Waals surface area (Å²) in [4.78, 5) is 5.35. The van der Waals surface area contributed by atoms with Crippen LogP contribution in [0.15, 0.2) is 36.4 Å². The number of benzene rings is 2. The maximum atomic E-state index is 5.69. The third-order valence-corrected chi connectivity index (χ3v) is 7.56. The van der Waals surface area contributed by atoms with E-state index in [0.717, 1.165) is 24.3 Å². The Bertz CT molecular complexity index is 897. The molecule has 0 saturated heterocycles. The van der Waals surface area contributed by atoms with Gasteiger partial charge in [-0.1, -0.05) is 44.0 Å². The molecular weight excluding hydrogens is 408 g/mol. The maximum Gasteiger partial charge on any atom is 0.164 e. The summed E-state index contributed by atoms with van der Waals surface area (Å²) in [6.07, 6.45) is 11.2. The standard InChI is InChI=1S/C29H42N2O2/c1-4-18-30(25-14-15-26-24(22-25)13-16-28(32-2)29(26)33-3)19-9-5-6-10-20-31-21-17-23-11-7-8-12-27(23)31/h7-8,11-13,16,25H,4-6,9-10,14-15,17-22H2,1-3H3. The largest absolute Gasteiger partial charge is 0.493 e. The van der Waals surface area contributed by atoms with Gasteiger partial charge in [-0.2, -0.15) is 0 Å². The first-order valence-electron chi connectivity index (χ1n) is 13.0. The molecule has 4 rings (SSSR count). The van der Waals surface area contributed by atoms with Crippen molar-refractivity contribution in [3.8, 4) is 11.5 Å². The predicted molar refractivity (Wildman–Crippen MR) is 138 cm³/mol. The summed E-state index contributed by atoms with van der Waals surface area (Å²) in [5.74, 6) is 1.80. The second kappa shape index (κ2) is 11.8. The predicted octanol–water partition coefficient (Wildman–Crippen LogP) is 5.90. The van der Waals surface area contributed by atoms with Crippen molar-refractivity contribution in [2.24, 2.45) is 0 Å². The number of rotatable bonds is 12. The van der Waals surface area contributed by atoms with Gasteiger partial charge in [-0.05, 0) is 81.3 Å². The lowest BCUT2D eigenvalue weighted by molar-refractivity contribution is 0.175. The van der Waals surface area contributed by atoms with Crippen molar-refractivity contribution in [1.29, 1.82) is 0 Å². The number of para-hydroxylation sites is 1. The molecule has 2 aromatic carbocycles. The molecule has 0 spiro atoms. The van der Waals surface area contributed by atoms with Crippen molar-refractivity contribution in [3.05, 3.63) is 53.1 Å². The number of hydrogen-bond acceptors (Lipinski definition) is 4. The molecule has 1 aliphatic heterocycles. The molecule has 1 atom stereocenters. The van der Waals surface area contributed by atoms with Gasteiger partial charge in [0.05, 0.1) is 14.2 Å². The minimum Gasteiger partial charge on any atom is -0.493 e. The van der Waals surface area contributed by atoms with Crippen molar-refractivity contribution in [2.45, 2.75) is 70.8 Å². The molecule has 180 valence electrons. The fourth-order valence-corrected chi connectivity index (χ4v) is 5.85. The summed E-state index contributed by atoms with van der Waals surface area (Å²) in [5.41, 5.74) is 5.79. The van der Waals surface area contributed by atoms with E-state index >= 15 is 0 Å². The van der Waals surface area contributed by atoms with Crippen molar-refractivity contribution in [1.82, 2.24) is 4.90 Å². The summed E-state index contributed by atoms with van der Waals surface area (Å²) < 4.78 is 11.2. The molecule has 0 amide bonds. The van der Waals surface area contributed by atoms with Crippen LogP contribution >= 0.6 is 0 Å². The molecule has 33 heavy (non-hydrogen) atoms. The first kappa shape index (κ1) is 23.9. The van der Waals surface area contributed by atoms with Crippen molar-refractivity contribution >= 4 is 5.69 Å². The van der Waals surface area contributed by atoms with E-state index in [0.29, 0.717) is 6.04 Å². The topological polar surface area (TPSA) is 24.9 Å². The van der Waals surface area contributed by atoms with E-state index < -0.39 is 0 Å². The van der Waals surface area contributed by atoms with Crippen molar-refractivity contribution in [3.63, 3.8) is 0 Å². The highest BCUT2D eigenvalue weighted by atomic mass is 16.5. The Hall–Kier alpha value is -2.20. The molecule has 2 aliphatic rings. The van der Waals surface area contributed by atoms with Crippen LogP contribution in [0.5, 0.6) is 11.5 Å². The number of unbranched alkanes of at least 4 members (excludes halogenated alkanes) is 3. The lowest BCUT2D eigenvalue weighted by atomic mass is 9.86. The fourth-order valence-electron chi connectivity index (χ4n) is 5.85. The number of anilines is 1. The summed E-state index contributed by atoms with van der Waals surface area (Å²) >= 11 is 0. The molecule has 0 bridgehead atoms. The van der Waals surface area contributed by atoms with Gasteiger partial charge in [0.1, 0.15) is 0 Å². The van der Waals surface area contributed by atoms with Crippen LogP contribution in [-0.4, -0.2) is 51.3 Å². The summed E-state index contributed by atoms with van der Waals surface area (Å²) in [6, 6.07) is 13.9. The van der Waals surface area contributed by atoms with Gasteiger partial charge in [-0.25, -0.2) is 0 Å². The SMILES string of the molecule is CCCN(CCCCCCN1CCc2ccccc21)C1CCc2c(ccc(OC)c2OC)C1. The van der Waals surface area contributed by atoms with Crippen LogP contribution in [0.4, 0.5) is 5.69 Å². The third-order valence-electron chi connectivity index (χ3n) is 7.56. The molecule has 1 unspecified atom stereocenters. The molecular formula is C29H42N2O2. The quantitative estimate of drug-likeness (QED) is 0.376. The van der Waals surface area contributed by atoms with E-state index in [2.05, 4.69) is 53.1 Å². The lowest BCUT2D eigenvalue weighted by Crippen LogP contribution is -2.40. The van der Waals surface area contributed by atoms with Gasteiger partial charge in [0.2, 0.25) is 0 Å². The summed E-state index contributed by atoms with van der Waals surface area (Å²) in [7, 11) is 3.49. The molecule has 0 aromatic heterocycles. The second-order valence-electron chi connectivity index (χ2n) is 9.65. The van der Waals surface area contributed by atoms with E-state index in [1.165, 1.54) is 93.5 Å². The van der Waals surface area contributed by atoms with Crippen LogP contribution in [-0.2, 0) is 19.3 Å². The Morgan fingerprint density at radius 3 is 2.58 bits per heavy atom. The van der Waals surface area contributed by atoms with Gasteiger partial charge >= 0.3 is 0 Å². The molecule has 1 heterocycles. The Balaban J connectivity index is 1.23. The highest BCUT2D eigenvalue weighted by Gasteiger charge is 2.27. The maximum absolute atomic E-state index is 5.69. The molecule has 0 radical (unpaired) electrons. The molecule has 0 fully saturated rings. The average Bonchev–Trinajstić information content (AvgIpc) is 3.27. The van der Waals surface area contributed by atoms with E-state index in [1.807, 2.05) is 0 Å². The van der Waals surface area contributed by atoms with Gasteiger partial charge in [0, 0.05) is 30.4 Å². The van der Waals surface area contributed by atoms with E-state index in [4.69, 9.17) is 9.47 Å². The normalized spacial score (nSPS) is 17.2. The van der Waals surface area contributed by atoms with Gasteiger partial charge in [0.25, 0.3) is 0 Å². The van der Waals surface area contributed by atoms with Gasteiger partial charge < -0.3 is 19.3 Å². The zero-order chi connectivity index (χ0) is 23.0. The zero-order valence-electron chi connectivity index (χ0n) is 20.9. The Labute approximate surface area is 200 Å². The second-order valence-corrected chi connectivity index (χ2v) is 9.65. The number of fused-ring (bicyclic) bond motifs is 2. The minimum atomic E-state index is 0.650.